The molecule has 130 valence electrons. The molecule has 1 N–H and O–H groups in total. The molecular weight excluding hydrogens is 345 g/mol. The number of hydrogen-bond acceptors (Lipinski definition) is 2. The Kier molecular flexibility index (Phi) is 5.31. The molecule has 0 aliphatic carbocycles. The monoisotopic (exact) mass is 367 g/mol. The number of nitrogens with one attached hydrogen (secondary N) is 1. The SMILES string of the molecule is Cc1nn(C(C)(C)C)c(C)c1C(=O)N[C@@H](C)c1ccc(Cl)c(Cl)c1. The molecule has 0 aliphatic heterocycles. The fourth-order valence-corrected chi connectivity index (χ4v) is 3.06. The predicted molar refractivity (Wildman–Crippen MR) is 99.0 cm³/mol. The molecule has 1 heterocycles. The normalized spacial score (nSPS) is 13.0. The maximum Gasteiger partial charge on any atom is 0.255 e. The summed E-state index contributed by atoms with van der Waals surface area (Å²) in [5.41, 5.74) is 2.93. The fraction of sp³-hybridized carbons (Fsp3) is 0.444. The van der Waals surface area contributed by atoms with Crippen molar-refractivity contribution in [2.45, 2.75) is 53.1 Å². The molecule has 0 saturated heterocycles. The standard InChI is InChI=1S/C18H23Cl2N3O/c1-10(13-7-8-14(19)15(20)9-13)21-17(24)16-11(2)22-23(12(16)3)18(4,5)6/h7-10H,1-6H3,(H,21,24)/t10-/m0/s1. The van der Waals surface area contributed by atoms with Crippen molar-refractivity contribution >= 4 is 29.1 Å². The van der Waals surface area contributed by atoms with E-state index in [1.807, 2.05) is 31.5 Å². The molecule has 0 saturated carbocycles. The van der Waals surface area contributed by atoms with Crippen molar-refractivity contribution < 1.29 is 4.79 Å². The third kappa shape index (κ3) is 3.76. The minimum absolute atomic E-state index is 0.140. The first-order valence-corrected chi connectivity index (χ1v) is 8.60. The lowest BCUT2D eigenvalue weighted by atomic mass is 10.1. The molecule has 2 rings (SSSR count). The highest BCUT2D eigenvalue weighted by atomic mass is 35.5. The molecule has 1 atom stereocenters. The van der Waals surface area contributed by atoms with Crippen LogP contribution in [0.25, 0.3) is 0 Å². The van der Waals surface area contributed by atoms with Crippen molar-refractivity contribution in [1.29, 1.82) is 0 Å². The summed E-state index contributed by atoms with van der Waals surface area (Å²) in [6, 6.07) is 5.17. The second-order valence-corrected chi connectivity index (χ2v) is 7.81. The molecule has 1 aromatic carbocycles. The zero-order valence-corrected chi connectivity index (χ0v) is 16.4. The highest BCUT2D eigenvalue weighted by Crippen LogP contribution is 2.26. The Morgan fingerprint density at radius 3 is 2.33 bits per heavy atom. The first kappa shape index (κ1) is 18.8. The Morgan fingerprint density at radius 2 is 1.83 bits per heavy atom. The van der Waals surface area contributed by atoms with Gasteiger partial charge in [-0.2, -0.15) is 5.10 Å². The number of nitrogens with zero attached hydrogens (tertiary/aromatic N) is 2. The van der Waals surface area contributed by atoms with Crippen molar-refractivity contribution in [2.24, 2.45) is 0 Å². The predicted octanol–water partition coefficient (Wildman–Crippen LogP) is 5.05. The summed E-state index contributed by atoms with van der Waals surface area (Å²) in [7, 11) is 0. The van der Waals surface area contributed by atoms with Gasteiger partial charge < -0.3 is 5.32 Å². The van der Waals surface area contributed by atoms with Crippen LogP contribution in [0.2, 0.25) is 10.0 Å². The Morgan fingerprint density at radius 1 is 1.21 bits per heavy atom. The second kappa shape index (κ2) is 6.77. The highest BCUT2D eigenvalue weighted by molar-refractivity contribution is 6.42. The van der Waals surface area contributed by atoms with Gasteiger partial charge in [-0.3, -0.25) is 9.48 Å². The number of benzene rings is 1. The molecule has 0 spiro atoms. The van der Waals surface area contributed by atoms with E-state index in [1.165, 1.54) is 0 Å². The lowest BCUT2D eigenvalue weighted by molar-refractivity contribution is 0.0938. The summed E-state index contributed by atoms with van der Waals surface area (Å²) < 4.78 is 1.89. The van der Waals surface area contributed by atoms with Crippen LogP contribution < -0.4 is 5.32 Å². The van der Waals surface area contributed by atoms with Gasteiger partial charge in [0.05, 0.1) is 32.9 Å². The van der Waals surface area contributed by atoms with E-state index >= 15 is 0 Å². The molecule has 0 radical (unpaired) electrons. The van der Waals surface area contributed by atoms with E-state index in [2.05, 4.69) is 31.2 Å². The molecule has 0 fully saturated rings. The van der Waals surface area contributed by atoms with Crippen molar-refractivity contribution in [3.63, 3.8) is 0 Å². The van der Waals surface area contributed by atoms with E-state index in [4.69, 9.17) is 23.2 Å². The molecule has 6 heteroatoms. The minimum Gasteiger partial charge on any atom is -0.345 e. The van der Waals surface area contributed by atoms with E-state index in [0.29, 0.717) is 15.6 Å². The number of carbonyl (C=O) groups is 1. The summed E-state index contributed by atoms with van der Waals surface area (Å²) >= 11 is 12.0. The summed E-state index contributed by atoms with van der Waals surface area (Å²) in [6.45, 7) is 11.9. The lowest BCUT2D eigenvalue weighted by Gasteiger charge is -2.21. The molecule has 0 aliphatic rings. The van der Waals surface area contributed by atoms with Crippen LogP contribution in [0.15, 0.2) is 18.2 Å². The van der Waals surface area contributed by atoms with Gasteiger partial charge in [0.25, 0.3) is 5.91 Å². The number of hydrogen-bond donors (Lipinski definition) is 1. The van der Waals surface area contributed by atoms with E-state index in [1.54, 1.807) is 12.1 Å². The van der Waals surface area contributed by atoms with Gasteiger partial charge in [-0.05, 0) is 59.2 Å². The first-order chi connectivity index (χ1) is 11.0. The average molecular weight is 368 g/mol. The number of amides is 1. The Balaban J connectivity index is 2.27. The van der Waals surface area contributed by atoms with E-state index in [9.17, 15) is 4.79 Å². The molecule has 0 unspecified atom stereocenters. The average Bonchev–Trinajstić information content (AvgIpc) is 2.76. The largest absolute Gasteiger partial charge is 0.345 e. The Hall–Kier alpha value is -1.52. The second-order valence-electron chi connectivity index (χ2n) is 7.00. The van der Waals surface area contributed by atoms with Crippen LogP contribution in [0.4, 0.5) is 0 Å². The molecular formula is C18H23Cl2N3O. The van der Waals surface area contributed by atoms with Crippen molar-refractivity contribution in [1.82, 2.24) is 15.1 Å². The summed E-state index contributed by atoms with van der Waals surface area (Å²) in [6.07, 6.45) is 0. The van der Waals surface area contributed by atoms with Crippen molar-refractivity contribution in [2.75, 3.05) is 0 Å². The molecule has 24 heavy (non-hydrogen) atoms. The number of carbonyl (C=O) groups excluding carboxylic acids is 1. The van der Waals surface area contributed by atoms with Crippen molar-refractivity contribution in [3.05, 3.63) is 50.8 Å². The van der Waals surface area contributed by atoms with Crippen LogP contribution >= 0.6 is 23.2 Å². The zero-order valence-electron chi connectivity index (χ0n) is 14.9. The lowest BCUT2D eigenvalue weighted by Crippen LogP contribution is -2.28. The maximum absolute atomic E-state index is 12.7. The van der Waals surface area contributed by atoms with Crippen LogP contribution in [0, 0.1) is 13.8 Å². The number of rotatable bonds is 3. The van der Waals surface area contributed by atoms with Gasteiger partial charge in [-0.1, -0.05) is 29.3 Å². The smallest absolute Gasteiger partial charge is 0.255 e. The van der Waals surface area contributed by atoms with Gasteiger partial charge in [0.15, 0.2) is 0 Å². The maximum atomic E-state index is 12.7. The summed E-state index contributed by atoms with van der Waals surface area (Å²) in [4.78, 5) is 12.7. The quantitative estimate of drug-likeness (QED) is 0.824. The topological polar surface area (TPSA) is 46.9 Å². The molecule has 4 nitrogen and oxygen atoms in total. The Labute approximate surface area is 153 Å². The number of aromatic nitrogens is 2. The van der Waals surface area contributed by atoms with Gasteiger partial charge in [-0.25, -0.2) is 0 Å². The number of halogens is 2. The Bertz CT molecular complexity index is 775. The third-order valence-corrected chi connectivity index (χ3v) is 4.68. The molecule has 1 amide bonds. The minimum atomic E-state index is -0.191. The van der Waals surface area contributed by atoms with E-state index in [0.717, 1.165) is 17.0 Å². The van der Waals surface area contributed by atoms with Gasteiger partial charge in [-0.15, -0.1) is 0 Å². The molecule has 0 bridgehead atoms. The van der Waals surface area contributed by atoms with Gasteiger partial charge in [0.1, 0.15) is 0 Å². The fourth-order valence-electron chi connectivity index (χ4n) is 2.76. The van der Waals surface area contributed by atoms with E-state index < -0.39 is 0 Å². The van der Waals surface area contributed by atoms with Crippen molar-refractivity contribution in [3.8, 4) is 0 Å². The molecule has 2 aromatic rings. The number of aryl methyl sites for hydroxylation is 1. The zero-order chi connectivity index (χ0) is 18.2. The summed E-state index contributed by atoms with van der Waals surface area (Å²) in [5.74, 6) is -0.140. The van der Waals surface area contributed by atoms with E-state index in [-0.39, 0.29) is 17.5 Å². The first-order valence-electron chi connectivity index (χ1n) is 7.85. The third-order valence-electron chi connectivity index (χ3n) is 3.95. The van der Waals surface area contributed by atoms with Crippen LogP contribution in [0.1, 0.15) is 61.0 Å². The molecule has 1 aromatic heterocycles. The van der Waals surface area contributed by atoms with Gasteiger partial charge in [0.2, 0.25) is 0 Å². The summed E-state index contributed by atoms with van der Waals surface area (Å²) in [5, 5.41) is 8.51. The van der Waals surface area contributed by atoms with Crippen LogP contribution in [-0.4, -0.2) is 15.7 Å². The van der Waals surface area contributed by atoms with Gasteiger partial charge in [0, 0.05) is 5.69 Å². The van der Waals surface area contributed by atoms with Crippen LogP contribution in [-0.2, 0) is 5.54 Å². The van der Waals surface area contributed by atoms with Crippen LogP contribution in [0.3, 0.4) is 0 Å². The highest BCUT2D eigenvalue weighted by Gasteiger charge is 2.25. The van der Waals surface area contributed by atoms with Gasteiger partial charge >= 0.3 is 0 Å². The van der Waals surface area contributed by atoms with Crippen LogP contribution in [0.5, 0.6) is 0 Å².